The Bertz CT molecular complexity index is 1610. The van der Waals surface area contributed by atoms with Gasteiger partial charge in [0.05, 0.1) is 23.9 Å². The highest BCUT2D eigenvalue weighted by Gasteiger charge is 2.41. The van der Waals surface area contributed by atoms with Crippen molar-refractivity contribution in [3.8, 4) is 0 Å². The molecule has 0 saturated carbocycles. The zero-order valence-corrected chi connectivity index (χ0v) is 27.3. The standard InChI is InChI=1S/C35H44N6O6/c1-5-47-34(45)35(46,18-10-12-23(2)3)39-32(43)29(38-31(42)25-13-7-6-8-14-25)20-26-21-40(33(44)24(4)36)22-41(26)30-17-9-16-28-27(30)15-11-19-37-28/h6-9,11,13-17,19,21,23-24,29,46H,5,10,12,18,20,22,36H2,1-4H3,(H,38,42)(H,39,43)/t24-,29?,35?/m0/s1. The van der Waals surface area contributed by atoms with Crippen LogP contribution in [0, 0.1) is 5.92 Å². The largest absolute Gasteiger partial charge is 0.462 e. The van der Waals surface area contributed by atoms with Crippen LogP contribution < -0.4 is 21.3 Å². The summed E-state index contributed by atoms with van der Waals surface area (Å²) in [5, 5.41) is 17.5. The second-order valence-corrected chi connectivity index (χ2v) is 12.1. The molecular weight excluding hydrogens is 600 g/mol. The van der Waals surface area contributed by atoms with Gasteiger partial charge in [-0.3, -0.25) is 24.3 Å². The summed E-state index contributed by atoms with van der Waals surface area (Å²) in [4.78, 5) is 61.3. The average Bonchev–Trinajstić information content (AvgIpc) is 3.47. The van der Waals surface area contributed by atoms with Crippen molar-refractivity contribution < 1.29 is 29.0 Å². The van der Waals surface area contributed by atoms with Gasteiger partial charge in [0, 0.05) is 41.9 Å². The molecule has 0 radical (unpaired) electrons. The molecule has 0 spiro atoms. The smallest absolute Gasteiger partial charge is 0.359 e. The van der Waals surface area contributed by atoms with E-state index < -0.39 is 35.6 Å². The number of hydrogen-bond acceptors (Lipinski definition) is 9. The number of aliphatic hydroxyl groups is 1. The Kier molecular flexibility index (Phi) is 11.7. The van der Waals surface area contributed by atoms with Gasteiger partial charge >= 0.3 is 5.97 Å². The van der Waals surface area contributed by atoms with E-state index in [0.29, 0.717) is 30.0 Å². The highest BCUT2D eigenvalue weighted by molar-refractivity contribution is 5.99. The Morgan fingerprint density at radius 3 is 2.47 bits per heavy atom. The van der Waals surface area contributed by atoms with Crippen LogP contribution in [0.15, 0.2) is 78.8 Å². The lowest BCUT2D eigenvalue weighted by Crippen LogP contribution is -2.60. The molecule has 2 unspecified atom stereocenters. The number of benzene rings is 2. The molecule has 1 aliphatic rings. The first-order valence-electron chi connectivity index (χ1n) is 15.9. The summed E-state index contributed by atoms with van der Waals surface area (Å²) < 4.78 is 5.14. The Hall–Kier alpha value is -4.81. The number of nitrogens with one attached hydrogen (secondary N) is 2. The highest BCUT2D eigenvalue weighted by atomic mass is 16.6. The van der Waals surface area contributed by atoms with Crippen LogP contribution in [0.1, 0.15) is 63.7 Å². The number of pyridine rings is 1. The lowest BCUT2D eigenvalue weighted by atomic mass is 9.99. The summed E-state index contributed by atoms with van der Waals surface area (Å²) in [6.45, 7) is 7.34. The van der Waals surface area contributed by atoms with E-state index in [-0.39, 0.29) is 32.0 Å². The van der Waals surface area contributed by atoms with E-state index in [2.05, 4.69) is 15.6 Å². The quantitative estimate of drug-likeness (QED) is 0.152. The van der Waals surface area contributed by atoms with Gasteiger partial charge in [-0.25, -0.2) is 4.79 Å². The van der Waals surface area contributed by atoms with Crippen LogP contribution >= 0.6 is 0 Å². The molecule has 4 rings (SSSR count). The maximum Gasteiger partial charge on any atom is 0.359 e. The second-order valence-electron chi connectivity index (χ2n) is 12.1. The van der Waals surface area contributed by atoms with Crippen molar-refractivity contribution in [2.75, 3.05) is 18.2 Å². The van der Waals surface area contributed by atoms with Crippen molar-refractivity contribution in [3.63, 3.8) is 0 Å². The molecular formula is C35H44N6O6. The number of anilines is 1. The van der Waals surface area contributed by atoms with E-state index >= 15 is 0 Å². The first-order valence-corrected chi connectivity index (χ1v) is 15.9. The second kappa shape index (κ2) is 15.7. The molecule has 3 atom stereocenters. The SMILES string of the molecule is CCOC(=O)C(O)(CCCC(C)C)NC(=O)C(CC1=CN(C(=O)[C@H](C)N)CN1c1cccc2ncccc12)NC(=O)c1ccccc1. The summed E-state index contributed by atoms with van der Waals surface area (Å²) in [6, 6.07) is 15.6. The minimum atomic E-state index is -2.32. The van der Waals surface area contributed by atoms with Crippen molar-refractivity contribution in [1.29, 1.82) is 0 Å². The summed E-state index contributed by atoms with van der Waals surface area (Å²) in [6.07, 6.45) is 4.26. The first-order chi connectivity index (χ1) is 22.4. The first kappa shape index (κ1) is 35.1. The zero-order valence-electron chi connectivity index (χ0n) is 27.3. The normalized spacial score (nSPS) is 15.5. The van der Waals surface area contributed by atoms with Crippen molar-refractivity contribution in [2.24, 2.45) is 11.7 Å². The summed E-state index contributed by atoms with van der Waals surface area (Å²) in [5.74, 6) is -2.34. The number of fused-ring (bicyclic) bond motifs is 1. The van der Waals surface area contributed by atoms with E-state index in [4.69, 9.17) is 10.5 Å². The van der Waals surface area contributed by atoms with Gasteiger partial charge in [-0.05, 0) is 62.6 Å². The fourth-order valence-corrected chi connectivity index (χ4v) is 5.42. The highest BCUT2D eigenvalue weighted by Crippen LogP contribution is 2.33. The molecule has 1 aliphatic heterocycles. The van der Waals surface area contributed by atoms with Crippen LogP contribution in [0.5, 0.6) is 0 Å². The number of hydrogen-bond donors (Lipinski definition) is 4. The molecule has 12 nitrogen and oxygen atoms in total. The van der Waals surface area contributed by atoms with Crippen LogP contribution in [-0.4, -0.2) is 69.8 Å². The Morgan fingerprint density at radius 2 is 1.79 bits per heavy atom. The van der Waals surface area contributed by atoms with Crippen molar-refractivity contribution in [2.45, 2.75) is 71.2 Å². The number of nitrogens with zero attached hydrogens (tertiary/aromatic N) is 3. The van der Waals surface area contributed by atoms with E-state index in [1.807, 2.05) is 49.1 Å². The van der Waals surface area contributed by atoms with Crippen molar-refractivity contribution in [1.82, 2.24) is 20.5 Å². The van der Waals surface area contributed by atoms with Crippen LogP contribution in [0.4, 0.5) is 5.69 Å². The molecule has 250 valence electrons. The Balaban J connectivity index is 1.72. The van der Waals surface area contributed by atoms with E-state index in [0.717, 1.165) is 16.6 Å². The fraction of sp³-hybridized carbons (Fsp3) is 0.400. The molecule has 0 saturated heterocycles. The topological polar surface area (TPSA) is 167 Å². The third kappa shape index (κ3) is 8.72. The van der Waals surface area contributed by atoms with E-state index in [1.165, 1.54) is 4.90 Å². The number of nitrogens with two attached hydrogens (primary N) is 1. The predicted molar refractivity (Wildman–Crippen MR) is 178 cm³/mol. The molecule has 3 amide bonds. The Labute approximate surface area is 275 Å². The van der Waals surface area contributed by atoms with Gasteiger partial charge in [-0.2, -0.15) is 0 Å². The molecule has 5 N–H and O–H groups in total. The summed E-state index contributed by atoms with van der Waals surface area (Å²) >= 11 is 0. The molecule has 0 fully saturated rings. The number of amides is 3. The van der Waals surface area contributed by atoms with Gasteiger partial charge in [0.25, 0.3) is 5.91 Å². The number of esters is 1. The van der Waals surface area contributed by atoms with E-state index in [9.17, 15) is 24.3 Å². The van der Waals surface area contributed by atoms with Gasteiger partial charge in [-0.15, -0.1) is 0 Å². The van der Waals surface area contributed by atoms with Crippen LogP contribution in [0.2, 0.25) is 0 Å². The molecule has 12 heteroatoms. The number of carbonyl (C=O) groups excluding carboxylic acids is 4. The predicted octanol–water partition coefficient (Wildman–Crippen LogP) is 3.41. The third-order valence-corrected chi connectivity index (χ3v) is 7.87. The molecule has 0 aliphatic carbocycles. The third-order valence-electron chi connectivity index (χ3n) is 7.87. The lowest BCUT2D eigenvalue weighted by Gasteiger charge is -2.31. The maximum absolute atomic E-state index is 14.0. The molecule has 2 heterocycles. The van der Waals surface area contributed by atoms with Crippen LogP contribution in [0.25, 0.3) is 10.9 Å². The van der Waals surface area contributed by atoms with Crippen molar-refractivity contribution >= 4 is 40.3 Å². The van der Waals surface area contributed by atoms with Gasteiger partial charge in [0.1, 0.15) is 12.7 Å². The number of rotatable bonds is 14. The van der Waals surface area contributed by atoms with Gasteiger partial charge in [-0.1, -0.05) is 44.5 Å². The minimum Gasteiger partial charge on any atom is -0.462 e. The fourth-order valence-electron chi connectivity index (χ4n) is 5.42. The van der Waals surface area contributed by atoms with Crippen LogP contribution in [-0.2, 0) is 19.1 Å². The van der Waals surface area contributed by atoms with Crippen molar-refractivity contribution in [3.05, 3.63) is 84.3 Å². The number of aromatic nitrogens is 1. The van der Waals surface area contributed by atoms with Gasteiger partial charge in [0.2, 0.25) is 17.5 Å². The zero-order chi connectivity index (χ0) is 34.1. The van der Waals surface area contributed by atoms with E-state index in [1.54, 1.807) is 56.6 Å². The van der Waals surface area contributed by atoms with Gasteiger partial charge < -0.3 is 31.1 Å². The molecule has 47 heavy (non-hydrogen) atoms. The maximum atomic E-state index is 14.0. The molecule has 3 aromatic rings. The van der Waals surface area contributed by atoms with Crippen LogP contribution in [0.3, 0.4) is 0 Å². The molecule has 2 aromatic carbocycles. The summed E-state index contributed by atoms with van der Waals surface area (Å²) in [5.41, 5.74) is 5.93. The summed E-state index contributed by atoms with van der Waals surface area (Å²) in [7, 11) is 0. The Morgan fingerprint density at radius 1 is 1.04 bits per heavy atom. The lowest BCUT2D eigenvalue weighted by molar-refractivity contribution is -0.172. The average molecular weight is 645 g/mol. The number of ether oxygens (including phenoxy) is 1. The molecule has 0 bridgehead atoms. The molecule has 1 aromatic heterocycles. The monoisotopic (exact) mass is 644 g/mol. The number of carbonyl (C=O) groups is 4. The van der Waals surface area contributed by atoms with Gasteiger partial charge in [0.15, 0.2) is 0 Å². The minimum absolute atomic E-state index is 0.000526.